The van der Waals surface area contributed by atoms with Crippen LogP contribution in [0.15, 0.2) is 41.0 Å². The fraction of sp³-hybridized carbons (Fsp3) is 0.375. The van der Waals surface area contributed by atoms with Gasteiger partial charge in [0.05, 0.1) is 52.3 Å². The van der Waals surface area contributed by atoms with E-state index in [0.29, 0.717) is 44.2 Å². The second-order valence-electron chi connectivity index (χ2n) is 8.59. The molecule has 36 heavy (non-hydrogen) atoms. The number of rotatable bonds is 7. The Morgan fingerprint density at radius 3 is 2.67 bits per heavy atom. The highest BCUT2D eigenvalue weighted by Gasteiger charge is 2.41. The maximum atomic E-state index is 13.4. The van der Waals surface area contributed by atoms with Gasteiger partial charge in [-0.05, 0) is 41.8 Å². The highest BCUT2D eigenvalue weighted by atomic mass is 16.5. The number of esters is 2. The number of ether oxygens (including phenoxy) is 3. The molecule has 0 aliphatic carbocycles. The number of methoxy groups -OCH3 is 2. The molecule has 0 saturated carbocycles. The zero-order chi connectivity index (χ0) is 25.2. The first-order valence-corrected chi connectivity index (χ1v) is 11.4. The average molecular weight is 495 g/mol. The van der Waals surface area contributed by atoms with E-state index in [2.05, 4.69) is 15.6 Å². The largest absolute Gasteiger partial charge is 0.468 e. The maximum absolute atomic E-state index is 13.4. The number of carbonyl (C=O) groups is 3. The van der Waals surface area contributed by atoms with Crippen LogP contribution in [0.5, 0.6) is 0 Å². The number of nitrogens with zero attached hydrogens (tertiary/aromatic N) is 4. The van der Waals surface area contributed by atoms with E-state index in [0.717, 1.165) is 11.1 Å². The summed E-state index contributed by atoms with van der Waals surface area (Å²) in [7, 11) is 2.39. The molecule has 2 aromatic heterocycles. The molecule has 2 atom stereocenters. The number of anilines is 1. The van der Waals surface area contributed by atoms with Crippen LogP contribution in [0.4, 0.5) is 5.69 Å². The van der Waals surface area contributed by atoms with Gasteiger partial charge in [-0.2, -0.15) is 0 Å². The van der Waals surface area contributed by atoms with Gasteiger partial charge in [0.2, 0.25) is 11.6 Å². The van der Waals surface area contributed by atoms with Crippen molar-refractivity contribution in [2.45, 2.75) is 38.3 Å². The van der Waals surface area contributed by atoms with Gasteiger partial charge < -0.3 is 23.9 Å². The van der Waals surface area contributed by atoms with Crippen LogP contribution in [-0.2, 0) is 38.8 Å². The van der Waals surface area contributed by atoms with Crippen molar-refractivity contribution in [2.24, 2.45) is 0 Å². The van der Waals surface area contributed by atoms with Crippen molar-refractivity contribution in [3.8, 4) is 0 Å². The smallest absolute Gasteiger partial charge is 0.361 e. The number of carbonyl (C=O) groups excluding carboxylic acids is 3. The molecule has 0 unspecified atom stereocenters. The molecular weight excluding hydrogens is 470 g/mol. The molecule has 3 aromatic rings. The van der Waals surface area contributed by atoms with Gasteiger partial charge in [0.25, 0.3) is 0 Å². The lowest BCUT2D eigenvalue weighted by molar-refractivity contribution is -0.120. The molecule has 2 aliphatic rings. The molecule has 1 aromatic carbocycles. The Bertz CT molecular complexity index is 1290. The third-order valence-corrected chi connectivity index (χ3v) is 6.41. The highest BCUT2D eigenvalue weighted by Crippen LogP contribution is 2.32. The van der Waals surface area contributed by atoms with Gasteiger partial charge in [-0.25, -0.2) is 14.3 Å². The van der Waals surface area contributed by atoms with E-state index in [4.69, 9.17) is 18.6 Å². The second-order valence-corrected chi connectivity index (χ2v) is 8.59. The van der Waals surface area contributed by atoms with Crippen LogP contribution in [0.3, 0.4) is 0 Å². The van der Waals surface area contributed by atoms with Crippen LogP contribution in [0.25, 0.3) is 0 Å². The maximum Gasteiger partial charge on any atom is 0.361 e. The molecule has 5 rings (SSSR count). The second kappa shape index (κ2) is 9.91. The van der Waals surface area contributed by atoms with Crippen LogP contribution in [0, 0.1) is 0 Å². The molecule has 1 saturated heterocycles. The lowest BCUT2D eigenvalue weighted by Gasteiger charge is -2.22. The standard InChI is InChI=1S/C24H25N5O7/c1-33-23(31)20-21(24(32)34-2)29(27-26-20)17-9-19(28(10-17)11-18-4-3-7-36-18)22(30)25-16-6-5-14-12-35-13-15(14)8-16/h3-8,17,19H,9-13H2,1-2H3,(H,25,30)/t17-,19-/m0/s1. The van der Waals surface area contributed by atoms with Gasteiger partial charge in [-0.1, -0.05) is 11.3 Å². The molecule has 4 heterocycles. The number of nitrogens with one attached hydrogen (secondary N) is 1. The molecule has 188 valence electrons. The Balaban J connectivity index is 1.42. The fourth-order valence-electron chi connectivity index (χ4n) is 4.65. The molecule has 0 bridgehead atoms. The summed E-state index contributed by atoms with van der Waals surface area (Å²) < 4.78 is 21.9. The summed E-state index contributed by atoms with van der Waals surface area (Å²) in [5.41, 5.74) is 2.47. The molecule has 0 radical (unpaired) electrons. The molecule has 1 amide bonds. The van der Waals surface area contributed by atoms with E-state index in [1.165, 1.54) is 18.9 Å². The topological polar surface area (TPSA) is 138 Å². The predicted molar refractivity (Wildman–Crippen MR) is 123 cm³/mol. The van der Waals surface area contributed by atoms with Crippen LogP contribution in [0.2, 0.25) is 0 Å². The van der Waals surface area contributed by atoms with Gasteiger partial charge in [0.1, 0.15) is 5.76 Å². The summed E-state index contributed by atoms with van der Waals surface area (Å²) in [6, 6.07) is 8.31. The Labute approximate surface area is 206 Å². The zero-order valence-corrected chi connectivity index (χ0v) is 19.8. The SMILES string of the molecule is COC(=O)c1nnn([C@H]2C[C@@H](C(=O)Nc3ccc4c(c3)COC4)N(Cc3ccco3)C2)c1C(=O)OC. The Hall–Kier alpha value is -4.03. The Morgan fingerprint density at radius 1 is 1.11 bits per heavy atom. The number of benzene rings is 1. The quantitative estimate of drug-likeness (QED) is 0.484. The lowest BCUT2D eigenvalue weighted by atomic mass is 10.1. The predicted octanol–water partition coefficient (Wildman–Crippen LogP) is 1.93. The molecule has 0 spiro atoms. The van der Waals surface area contributed by atoms with E-state index in [1.54, 1.807) is 12.3 Å². The van der Waals surface area contributed by atoms with Gasteiger partial charge in [0.15, 0.2) is 5.69 Å². The van der Waals surface area contributed by atoms with Crippen molar-refractivity contribution in [1.82, 2.24) is 19.9 Å². The van der Waals surface area contributed by atoms with E-state index in [9.17, 15) is 14.4 Å². The number of amides is 1. The number of fused-ring (bicyclic) bond motifs is 1. The van der Waals surface area contributed by atoms with E-state index in [-0.39, 0.29) is 17.3 Å². The van der Waals surface area contributed by atoms with Gasteiger partial charge in [-0.3, -0.25) is 9.69 Å². The first-order valence-electron chi connectivity index (χ1n) is 11.4. The third kappa shape index (κ3) is 4.48. The first kappa shape index (κ1) is 23.7. The van der Waals surface area contributed by atoms with Gasteiger partial charge in [-0.15, -0.1) is 5.10 Å². The summed E-state index contributed by atoms with van der Waals surface area (Å²) in [4.78, 5) is 40.1. The molecular formula is C24H25N5O7. The number of likely N-dealkylation sites (tertiary alicyclic amines) is 1. The van der Waals surface area contributed by atoms with Crippen molar-refractivity contribution < 1.29 is 33.0 Å². The number of hydrogen-bond donors (Lipinski definition) is 1. The molecule has 12 nitrogen and oxygen atoms in total. The van der Waals surface area contributed by atoms with Gasteiger partial charge >= 0.3 is 11.9 Å². The highest BCUT2D eigenvalue weighted by molar-refractivity contribution is 6.00. The van der Waals surface area contributed by atoms with Crippen LogP contribution in [0.1, 0.15) is 50.3 Å². The number of hydrogen-bond acceptors (Lipinski definition) is 10. The number of furan rings is 1. The summed E-state index contributed by atoms with van der Waals surface area (Å²) in [6.07, 6.45) is 1.88. The van der Waals surface area contributed by atoms with E-state index >= 15 is 0 Å². The first-order chi connectivity index (χ1) is 17.5. The molecule has 2 aliphatic heterocycles. The molecule has 12 heteroatoms. The normalized spacial score (nSPS) is 19.2. The summed E-state index contributed by atoms with van der Waals surface area (Å²) in [5, 5.41) is 10.9. The van der Waals surface area contributed by atoms with Crippen molar-refractivity contribution >= 4 is 23.5 Å². The fourth-order valence-corrected chi connectivity index (χ4v) is 4.65. The van der Waals surface area contributed by atoms with E-state index in [1.807, 2.05) is 29.2 Å². The summed E-state index contributed by atoms with van der Waals surface area (Å²) in [6.45, 7) is 1.80. The minimum absolute atomic E-state index is 0.119. The third-order valence-electron chi connectivity index (χ3n) is 6.41. The minimum Gasteiger partial charge on any atom is -0.468 e. The Kier molecular flexibility index (Phi) is 6.53. The summed E-state index contributed by atoms with van der Waals surface area (Å²) in [5.74, 6) is -1.10. The van der Waals surface area contributed by atoms with Crippen LogP contribution >= 0.6 is 0 Å². The van der Waals surface area contributed by atoms with Crippen molar-refractivity contribution in [1.29, 1.82) is 0 Å². The van der Waals surface area contributed by atoms with Crippen molar-refractivity contribution in [3.63, 3.8) is 0 Å². The molecule has 1 fully saturated rings. The zero-order valence-electron chi connectivity index (χ0n) is 19.8. The summed E-state index contributed by atoms with van der Waals surface area (Å²) >= 11 is 0. The Morgan fingerprint density at radius 2 is 1.92 bits per heavy atom. The number of aromatic nitrogens is 3. The van der Waals surface area contributed by atoms with E-state index < -0.39 is 24.0 Å². The van der Waals surface area contributed by atoms with Crippen molar-refractivity contribution in [2.75, 3.05) is 26.1 Å². The lowest BCUT2D eigenvalue weighted by Crippen LogP contribution is -2.39. The molecule has 1 N–H and O–H groups in total. The average Bonchev–Trinajstić information content (AvgIpc) is 3.69. The van der Waals surface area contributed by atoms with Gasteiger partial charge in [0, 0.05) is 12.2 Å². The van der Waals surface area contributed by atoms with Crippen LogP contribution in [-0.4, -0.2) is 64.5 Å². The monoisotopic (exact) mass is 495 g/mol. The van der Waals surface area contributed by atoms with Crippen LogP contribution < -0.4 is 5.32 Å². The minimum atomic E-state index is -0.804. The van der Waals surface area contributed by atoms with Crippen molar-refractivity contribution in [3.05, 3.63) is 64.9 Å².